The summed E-state index contributed by atoms with van der Waals surface area (Å²) in [6.45, 7) is 7.13. The van der Waals surface area contributed by atoms with E-state index in [0.717, 1.165) is 34.6 Å². The van der Waals surface area contributed by atoms with Gasteiger partial charge in [-0.2, -0.15) is 0 Å². The quantitative estimate of drug-likeness (QED) is 0.519. The predicted molar refractivity (Wildman–Crippen MR) is 105 cm³/mol. The van der Waals surface area contributed by atoms with E-state index < -0.39 is 0 Å². The number of rotatable bonds is 5. The Morgan fingerprint density at radius 3 is 1.58 bits per heavy atom. The van der Waals surface area contributed by atoms with Crippen molar-refractivity contribution in [2.24, 2.45) is 0 Å². The summed E-state index contributed by atoms with van der Waals surface area (Å²) >= 11 is 0. The Kier molecular flexibility index (Phi) is 4.21. The van der Waals surface area contributed by atoms with Crippen molar-refractivity contribution in [1.82, 2.24) is 9.80 Å². The van der Waals surface area contributed by atoms with E-state index in [1.165, 1.54) is 4.90 Å². The van der Waals surface area contributed by atoms with Gasteiger partial charge in [0.2, 0.25) is 0 Å². The molecule has 0 aliphatic carbocycles. The van der Waals surface area contributed by atoms with E-state index in [9.17, 15) is 9.59 Å². The van der Waals surface area contributed by atoms with Crippen LogP contribution in [0.4, 0.5) is 0 Å². The lowest BCUT2D eigenvalue weighted by atomic mass is 9.93. The molecule has 0 radical (unpaired) electrons. The van der Waals surface area contributed by atoms with Gasteiger partial charge in [-0.1, -0.05) is 62.4 Å². The van der Waals surface area contributed by atoms with Gasteiger partial charge in [-0.3, -0.25) is 14.5 Å². The predicted octanol–water partition coefficient (Wildman–Crippen LogP) is 3.93. The van der Waals surface area contributed by atoms with Crippen molar-refractivity contribution >= 4 is 33.4 Å². The second-order valence-corrected chi connectivity index (χ2v) is 6.63. The zero-order valence-electron chi connectivity index (χ0n) is 15.2. The standard InChI is InChI=1S/C22H22N2O2/c1-3-23(4-2)13-14-24-21(25)19-17-11-7-5-9-15(17)16-10-6-8-12-18(16)20(19)22(24)26/h5-12H,3-4,13-14H2,1-2H3. The molecule has 132 valence electrons. The Labute approximate surface area is 153 Å². The Balaban J connectivity index is 1.88. The fourth-order valence-corrected chi connectivity index (χ4v) is 3.93. The molecule has 26 heavy (non-hydrogen) atoms. The highest BCUT2D eigenvalue weighted by molar-refractivity contribution is 6.33. The largest absolute Gasteiger partial charge is 0.302 e. The molecule has 0 atom stereocenters. The first-order chi connectivity index (χ1) is 12.7. The minimum atomic E-state index is -0.167. The number of likely N-dealkylation sites (N-methyl/N-ethyl adjacent to an activating group) is 1. The minimum absolute atomic E-state index is 0.167. The summed E-state index contributed by atoms with van der Waals surface area (Å²) in [5.74, 6) is -0.335. The summed E-state index contributed by atoms with van der Waals surface area (Å²) in [5.41, 5.74) is 1.12. The molecule has 3 aromatic carbocycles. The van der Waals surface area contributed by atoms with E-state index in [0.29, 0.717) is 24.2 Å². The van der Waals surface area contributed by atoms with Crippen LogP contribution in [0.2, 0.25) is 0 Å². The number of hydrogen-bond donors (Lipinski definition) is 0. The smallest absolute Gasteiger partial charge is 0.262 e. The lowest BCUT2D eigenvalue weighted by Gasteiger charge is -2.21. The second kappa shape index (κ2) is 6.54. The van der Waals surface area contributed by atoms with E-state index in [4.69, 9.17) is 0 Å². The molecule has 4 nitrogen and oxygen atoms in total. The molecule has 3 aromatic rings. The fourth-order valence-electron chi connectivity index (χ4n) is 3.93. The molecule has 0 saturated carbocycles. The highest BCUT2D eigenvalue weighted by atomic mass is 16.2. The molecule has 4 heteroatoms. The van der Waals surface area contributed by atoms with Gasteiger partial charge in [0.05, 0.1) is 11.1 Å². The number of carbonyl (C=O) groups excluding carboxylic acids is 2. The molecule has 0 N–H and O–H groups in total. The summed E-state index contributed by atoms with van der Waals surface area (Å²) in [6, 6.07) is 15.7. The fraction of sp³-hybridized carbons (Fsp3) is 0.273. The minimum Gasteiger partial charge on any atom is -0.302 e. The van der Waals surface area contributed by atoms with Gasteiger partial charge in [-0.25, -0.2) is 0 Å². The number of fused-ring (bicyclic) bond motifs is 6. The number of hydrogen-bond acceptors (Lipinski definition) is 3. The number of carbonyl (C=O) groups is 2. The third-order valence-corrected chi connectivity index (χ3v) is 5.39. The first-order valence-electron chi connectivity index (χ1n) is 9.19. The van der Waals surface area contributed by atoms with Gasteiger partial charge in [0.1, 0.15) is 0 Å². The Morgan fingerprint density at radius 1 is 0.731 bits per heavy atom. The van der Waals surface area contributed by atoms with Crippen LogP contribution in [-0.4, -0.2) is 47.8 Å². The van der Waals surface area contributed by atoms with Gasteiger partial charge < -0.3 is 4.90 Å². The number of imide groups is 1. The normalized spacial score (nSPS) is 14.0. The van der Waals surface area contributed by atoms with Gasteiger partial charge in [0, 0.05) is 13.1 Å². The van der Waals surface area contributed by atoms with Crippen LogP contribution in [0.3, 0.4) is 0 Å². The molecule has 0 saturated heterocycles. The lowest BCUT2D eigenvalue weighted by molar-refractivity contribution is 0.0639. The lowest BCUT2D eigenvalue weighted by Crippen LogP contribution is -2.38. The van der Waals surface area contributed by atoms with Gasteiger partial charge in [-0.15, -0.1) is 0 Å². The molecule has 0 unspecified atom stereocenters. The van der Waals surface area contributed by atoms with Gasteiger partial charge >= 0.3 is 0 Å². The molecule has 0 bridgehead atoms. The van der Waals surface area contributed by atoms with E-state index >= 15 is 0 Å². The number of nitrogens with zero attached hydrogens (tertiary/aromatic N) is 2. The van der Waals surface area contributed by atoms with Crippen molar-refractivity contribution in [2.75, 3.05) is 26.2 Å². The van der Waals surface area contributed by atoms with E-state index in [1.807, 2.05) is 48.5 Å². The summed E-state index contributed by atoms with van der Waals surface area (Å²) in [4.78, 5) is 29.9. The Hall–Kier alpha value is -2.72. The van der Waals surface area contributed by atoms with Crippen molar-refractivity contribution < 1.29 is 9.59 Å². The van der Waals surface area contributed by atoms with Crippen LogP contribution in [0.5, 0.6) is 0 Å². The number of benzene rings is 3. The van der Waals surface area contributed by atoms with Crippen molar-refractivity contribution in [3.8, 4) is 0 Å². The highest BCUT2D eigenvalue weighted by Gasteiger charge is 2.38. The van der Waals surface area contributed by atoms with Gasteiger partial charge in [0.15, 0.2) is 0 Å². The van der Waals surface area contributed by atoms with Crippen molar-refractivity contribution in [1.29, 1.82) is 0 Å². The van der Waals surface area contributed by atoms with Crippen LogP contribution >= 0.6 is 0 Å². The Morgan fingerprint density at radius 2 is 1.15 bits per heavy atom. The highest BCUT2D eigenvalue weighted by Crippen LogP contribution is 2.37. The summed E-state index contributed by atoms with van der Waals surface area (Å²) in [6.07, 6.45) is 0. The molecule has 0 spiro atoms. The molecule has 1 aliphatic rings. The van der Waals surface area contributed by atoms with Gasteiger partial charge in [0.25, 0.3) is 11.8 Å². The van der Waals surface area contributed by atoms with Crippen LogP contribution in [0, 0.1) is 0 Å². The third kappa shape index (κ3) is 2.41. The summed E-state index contributed by atoms with van der Waals surface area (Å²) < 4.78 is 0. The first-order valence-corrected chi connectivity index (χ1v) is 9.19. The van der Waals surface area contributed by atoms with Crippen molar-refractivity contribution in [3.05, 3.63) is 59.7 Å². The molecule has 1 heterocycles. The third-order valence-electron chi connectivity index (χ3n) is 5.39. The molecule has 0 aromatic heterocycles. The maximum atomic E-state index is 13.1. The van der Waals surface area contributed by atoms with E-state index in [-0.39, 0.29) is 11.8 Å². The zero-order valence-corrected chi connectivity index (χ0v) is 15.2. The van der Waals surface area contributed by atoms with Crippen LogP contribution in [0.25, 0.3) is 21.5 Å². The first kappa shape index (κ1) is 16.7. The van der Waals surface area contributed by atoms with Crippen LogP contribution in [0.1, 0.15) is 34.6 Å². The molecular formula is C22H22N2O2. The number of amides is 2. The van der Waals surface area contributed by atoms with Crippen LogP contribution in [0.15, 0.2) is 48.5 Å². The topological polar surface area (TPSA) is 40.6 Å². The SMILES string of the molecule is CCN(CC)CCN1C(=O)c2c(c3ccccc3c3ccccc23)C1=O. The molecule has 0 fully saturated rings. The second-order valence-electron chi connectivity index (χ2n) is 6.63. The summed E-state index contributed by atoms with van der Waals surface area (Å²) in [5, 5.41) is 3.77. The zero-order chi connectivity index (χ0) is 18.3. The van der Waals surface area contributed by atoms with E-state index in [2.05, 4.69) is 18.7 Å². The van der Waals surface area contributed by atoms with Crippen molar-refractivity contribution in [2.45, 2.75) is 13.8 Å². The van der Waals surface area contributed by atoms with Crippen molar-refractivity contribution in [3.63, 3.8) is 0 Å². The molecule has 2 amide bonds. The van der Waals surface area contributed by atoms with E-state index in [1.54, 1.807) is 0 Å². The summed E-state index contributed by atoms with van der Waals surface area (Å²) in [7, 11) is 0. The maximum Gasteiger partial charge on any atom is 0.262 e. The Bertz CT molecular complexity index is 947. The molecule has 4 rings (SSSR count). The average Bonchev–Trinajstić information content (AvgIpc) is 2.94. The van der Waals surface area contributed by atoms with Gasteiger partial charge in [-0.05, 0) is 34.6 Å². The van der Waals surface area contributed by atoms with Crippen LogP contribution < -0.4 is 0 Å². The average molecular weight is 346 g/mol. The molecule has 1 aliphatic heterocycles. The molecular weight excluding hydrogens is 324 g/mol. The van der Waals surface area contributed by atoms with Crippen LogP contribution in [-0.2, 0) is 0 Å². The monoisotopic (exact) mass is 346 g/mol. The maximum absolute atomic E-state index is 13.1.